The maximum absolute atomic E-state index is 13.0. The number of thioether (sulfide) groups is 1. The fraction of sp³-hybridized carbons (Fsp3) is 0.619. The first-order valence-electron chi connectivity index (χ1n) is 10.2. The number of carbonyl (C=O) groups is 2. The smallest absolute Gasteiger partial charge is 0.258 e. The lowest BCUT2D eigenvalue weighted by Gasteiger charge is -2.35. The molecule has 2 heterocycles. The summed E-state index contributed by atoms with van der Waals surface area (Å²) in [5.41, 5.74) is 0. The van der Waals surface area contributed by atoms with Crippen LogP contribution in [-0.4, -0.2) is 74.0 Å². The maximum Gasteiger partial charge on any atom is 0.258 e. The molecule has 2 aliphatic heterocycles. The zero-order chi connectivity index (χ0) is 20.5. The van der Waals surface area contributed by atoms with Crippen LogP contribution in [0.2, 0.25) is 0 Å². The zero-order valence-electron chi connectivity index (χ0n) is 16.9. The number of nitrogens with zero attached hydrogens (tertiary/aromatic N) is 1. The first-order valence-corrected chi connectivity index (χ1v) is 11.5. The fourth-order valence-corrected chi connectivity index (χ4v) is 4.13. The number of ether oxygens (including phenoxy) is 3. The highest BCUT2D eigenvalue weighted by Crippen LogP contribution is 2.26. The molecule has 1 aromatic carbocycles. The van der Waals surface area contributed by atoms with Crippen molar-refractivity contribution in [3.63, 3.8) is 0 Å². The van der Waals surface area contributed by atoms with E-state index in [9.17, 15) is 9.59 Å². The van der Waals surface area contributed by atoms with E-state index in [1.165, 1.54) is 0 Å². The minimum atomic E-state index is -0.523. The number of carbonyl (C=O) groups excluding carboxylic acids is 2. The summed E-state index contributed by atoms with van der Waals surface area (Å²) in [6, 6.07) is 8.66. The van der Waals surface area contributed by atoms with Crippen molar-refractivity contribution in [3.8, 4) is 5.75 Å². The highest BCUT2D eigenvalue weighted by molar-refractivity contribution is 7.98. The molecule has 0 aromatic heterocycles. The Kier molecular flexibility index (Phi) is 8.64. The molecular formula is C21H30N2O5S. The van der Waals surface area contributed by atoms with Crippen molar-refractivity contribution >= 4 is 23.6 Å². The van der Waals surface area contributed by atoms with Crippen LogP contribution in [0.4, 0.5) is 0 Å². The van der Waals surface area contributed by atoms with Crippen molar-refractivity contribution in [2.24, 2.45) is 5.92 Å². The number of hydrogen-bond donors (Lipinski definition) is 1. The van der Waals surface area contributed by atoms with Crippen molar-refractivity contribution in [2.75, 3.05) is 44.9 Å². The molecule has 0 bridgehead atoms. The molecule has 3 rings (SSSR count). The molecular weight excluding hydrogens is 392 g/mol. The number of nitrogens with one attached hydrogen (secondary N) is 1. The minimum absolute atomic E-state index is 0.0150. The highest BCUT2D eigenvalue weighted by atomic mass is 32.2. The van der Waals surface area contributed by atoms with Gasteiger partial charge in [0.15, 0.2) is 12.9 Å². The van der Waals surface area contributed by atoms with Gasteiger partial charge < -0.3 is 24.4 Å². The van der Waals surface area contributed by atoms with Crippen LogP contribution in [0.25, 0.3) is 0 Å². The molecule has 0 spiro atoms. The van der Waals surface area contributed by atoms with Crippen molar-refractivity contribution in [1.82, 2.24) is 10.2 Å². The number of amides is 2. The molecule has 2 amide bonds. The second-order valence-corrected chi connectivity index (χ2v) is 8.26. The SMILES string of the molecule is CSCCC(NC(=O)COc1ccccc1)C(=O)N1CCC(C2OCCO2)CC1. The fourth-order valence-electron chi connectivity index (χ4n) is 3.66. The molecule has 160 valence electrons. The number of hydrogen-bond acceptors (Lipinski definition) is 6. The van der Waals surface area contributed by atoms with Crippen LogP contribution in [-0.2, 0) is 19.1 Å². The van der Waals surface area contributed by atoms with E-state index in [0.717, 1.165) is 18.6 Å². The van der Waals surface area contributed by atoms with Crippen LogP contribution < -0.4 is 10.1 Å². The second-order valence-electron chi connectivity index (χ2n) is 7.28. The Bertz CT molecular complexity index is 646. The molecule has 8 heteroatoms. The van der Waals surface area contributed by atoms with E-state index >= 15 is 0 Å². The van der Waals surface area contributed by atoms with E-state index in [0.29, 0.717) is 44.4 Å². The van der Waals surface area contributed by atoms with Crippen LogP contribution >= 0.6 is 11.8 Å². The zero-order valence-corrected chi connectivity index (χ0v) is 17.7. The standard InChI is InChI=1S/C21H30N2O5S/c1-29-14-9-18(22-19(24)15-28-17-5-3-2-4-6-17)20(25)23-10-7-16(8-11-23)21-26-12-13-27-21/h2-6,16,18,21H,7-15H2,1H3,(H,22,24). The predicted molar refractivity (Wildman–Crippen MR) is 112 cm³/mol. The van der Waals surface area contributed by atoms with Crippen molar-refractivity contribution < 1.29 is 23.8 Å². The van der Waals surface area contributed by atoms with Crippen LogP contribution in [0.3, 0.4) is 0 Å². The van der Waals surface area contributed by atoms with E-state index < -0.39 is 6.04 Å². The molecule has 1 atom stereocenters. The molecule has 0 radical (unpaired) electrons. The largest absolute Gasteiger partial charge is 0.484 e. The predicted octanol–water partition coefficient (Wildman–Crippen LogP) is 1.91. The summed E-state index contributed by atoms with van der Waals surface area (Å²) in [7, 11) is 0. The lowest BCUT2D eigenvalue weighted by atomic mass is 9.95. The molecule has 0 aliphatic carbocycles. The monoisotopic (exact) mass is 422 g/mol. The summed E-state index contributed by atoms with van der Waals surface area (Å²) in [6.45, 7) is 2.53. The number of para-hydroxylation sites is 1. The normalized spacial score (nSPS) is 19.1. The average molecular weight is 423 g/mol. The quantitative estimate of drug-likeness (QED) is 0.655. The van der Waals surface area contributed by atoms with Gasteiger partial charge in [-0.25, -0.2) is 0 Å². The molecule has 0 saturated carbocycles. The van der Waals surface area contributed by atoms with Gasteiger partial charge in [-0.15, -0.1) is 0 Å². The van der Waals surface area contributed by atoms with Gasteiger partial charge in [-0.1, -0.05) is 18.2 Å². The Morgan fingerprint density at radius 3 is 2.55 bits per heavy atom. The molecule has 1 unspecified atom stereocenters. The van der Waals surface area contributed by atoms with Crippen LogP contribution in [0.1, 0.15) is 19.3 Å². The van der Waals surface area contributed by atoms with Crippen LogP contribution in [0.15, 0.2) is 30.3 Å². The highest BCUT2D eigenvalue weighted by Gasteiger charge is 2.34. The third-order valence-electron chi connectivity index (χ3n) is 5.24. The van der Waals surface area contributed by atoms with E-state index in [1.54, 1.807) is 23.9 Å². The van der Waals surface area contributed by atoms with Gasteiger partial charge in [0.25, 0.3) is 5.91 Å². The summed E-state index contributed by atoms with van der Waals surface area (Å²) < 4.78 is 16.7. The Balaban J connectivity index is 1.49. The molecule has 7 nitrogen and oxygen atoms in total. The lowest BCUT2D eigenvalue weighted by Crippen LogP contribution is -2.52. The van der Waals surface area contributed by atoms with Gasteiger partial charge in [-0.3, -0.25) is 9.59 Å². The van der Waals surface area contributed by atoms with Gasteiger partial charge in [0, 0.05) is 19.0 Å². The van der Waals surface area contributed by atoms with Gasteiger partial charge in [0.05, 0.1) is 13.2 Å². The van der Waals surface area contributed by atoms with E-state index in [2.05, 4.69) is 5.32 Å². The van der Waals surface area contributed by atoms with E-state index in [-0.39, 0.29) is 24.7 Å². The van der Waals surface area contributed by atoms with Gasteiger partial charge in [0.2, 0.25) is 5.91 Å². The van der Waals surface area contributed by atoms with Gasteiger partial charge in [-0.05, 0) is 43.4 Å². The summed E-state index contributed by atoms with van der Waals surface area (Å²) in [6.07, 6.45) is 4.18. The first-order chi connectivity index (χ1) is 14.2. The third-order valence-corrected chi connectivity index (χ3v) is 5.88. The molecule has 2 saturated heterocycles. The van der Waals surface area contributed by atoms with Gasteiger partial charge >= 0.3 is 0 Å². The topological polar surface area (TPSA) is 77.1 Å². The second kappa shape index (κ2) is 11.4. The summed E-state index contributed by atoms with van der Waals surface area (Å²) in [4.78, 5) is 27.3. The van der Waals surface area contributed by atoms with Gasteiger partial charge in [-0.2, -0.15) is 11.8 Å². The summed E-state index contributed by atoms with van der Waals surface area (Å²) in [5.74, 6) is 1.47. The lowest BCUT2D eigenvalue weighted by molar-refractivity contribution is -0.141. The number of likely N-dealkylation sites (tertiary alicyclic amines) is 1. The number of benzene rings is 1. The Morgan fingerprint density at radius 1 is 1.21 bits per heavy atom. The summed E-state index contributed by atoms with van der Waals surface area (Å²) in [5, 5.41) is 2.87. The first kappa shape index (κ1) is 21.9. The Morgan fingerprint density at radius 2 is 1.90 bits per heavy atom. The molecule has 1 N–H and O–H groups in total. The average Bonchev–Trinajstić information content (AvgIpc) is 3.30. The Labute approximate surface area is 176 Å². The van der Waals surface area contributed by atoms with E-state index in [1.807, 2.05) is 29.4 Å². The summed E-state index contributed by atoms with van der Waals surface area (Å²) >= 11 is 1.66. The van der Waals surface area contributed by atoms with Crippen molar-refractivity contribution in [2.45, 2.75) is 31.6 Å². The minimum Gasteiger partial charge on any atom is -0.484 e. The van der Waals surface area contributed by atoms with Crippen LogP contribution in [0.5, 0.6) is 5.75 Å². The number of rotatable bonds is 9. The molecule has 2 fully saturated rings. The van der Waals surface area contributed by atoms with Crippen molar-refractivity contribution in [3.05, 3.63) is 30.3 Å². The van der Waals surface area contributed by atoms with Gasteiger partial charge in [0.1, 0.15) is 11.8 Å². The molecule has 2 aliphatic rings. The Hall–Kier alpha value is -1.77. The molecule has 1 aromatic rings. The van der Waals surface area contributed by atoms with Crippen molar-refractivity contribution in [1.29, 1.82) is 0 Å². The molecule has 29 heavy (non-hydrogen) atoms. The maximum atomic E-state index is 13.0. The van der Waals surface area contributed by atoms with Crippen LogP contribution in [0, 0.1) is 5.92 Å². The van der Waals surface area contributed by atoms with E-state index in [4.69, 9.17) is 14.2 Å². The third kappa shape index (κ3) is 6.62. The number of piperidine rings is 1.